The molecule has 0 bridgehead atoms. The number of hydrogen-bond acceptors (Lipinski definition) is 5. The van der Waals surface area contributed by atoms with Crippen LogP contribution in [0.3, 0.4) is 0 Å². The Kier molecular flexibility index (Phi) is 5.45. The average Bonchev–Trinajstić information content (AvgIpc) is 2.37. The van der Waals surface area contributed by atoms with Gasteiger partial charge in [-0.3, -0.25) is 9.59 Å². The second-order valence-corrected chi connectivity index (χ2v) is 6.71. The first-order valence-electron chi connectivity index (χ1n) is 6.15. The zero-order valence-electron chi connectivity index (χ0n) is 12.3. The Morgan fingerprint density at radius 2 is 1.90 bits per heavy atom. The van der Waals surface area contributed by atoms with E-state index < -0.39 is 28.0 Å². The van der Waals surface area contributed by atoms with Crippen LogP contribution in [0.25, 0.3) is 0 Å². The quantitative estimate of drug-likeness (QED) is 0.813. The third kappa shape index (κ3) is 4.54. The molecule has 1 amide bonds. The van der Waals surface area contributed by atoms with Gasteiger partial charge in [0.25, 0.3) is 5.91 Å². The van der Waals surface area contributed by atoms with Crippen LogP contribution in [-0.4, -0.2) is 44.8 Å². The van der Waals surface area contributed by atoms with Crippen LogP contribution in [0.5, 0.6) is 0 Å². The second-order valence-electron chi connectivity index (χ2n) is 4.56. The number of benzene rings is 1. The molecule has 7 nitrogen and oxygen atoms in total. The van der Waals surface area contributed by atoms with E-state index in [4.69, 9.17) is 4.74 Å². The van der Waals surface area contributed by atoms with Gasteiger partial charge in [-0.1, -0.05) is 6.07 Å². The second kappa shape index (κ2) is 6.68. The third-order valence-corrected chi connectivity index (χ3v) is 4.40. The predicted molar refractivity (Wildman–Crippen MR) is 77.2 cm³/mol. The Morgan fingerprint density at radius 1 is 1.29 bits per heavy atom. The Hall–Kier alpha value is -1.93. The number of carbonyl (C=O) groups is 2. The van der Waals surface area contributed by atoms with Crippen LogP contribution in [0.2, 0.25) is 0 Å². The van der Waals surface area contributed by atoms with Crippen molar-refractivity contribution in [3.63, 3.8) is 0 Å². The maximum absolute atomic E-state index is 12.0. The highest BCUT2D eigenvalue weighted by Crippen LogP contribution is 2.18. The van der Waals surface area contributed by atoms with E-state index in [1.165, 1.54) is 46.1 Å². The minimum absolute atomic E-state index is 0.0606. The van der Waals surface area contributed by atoms with E-state index in [1.807, 2.05) is 0 Å². The van der Waals surface area contributed by atoms with Crippen LogP contribution in [0, 0.1) is 0 Å². The maximum atomic E-state index is 12.0. The Morgan fingerprint density at radius 3 is 2.43 bits per heavy atom. The lowest BCUT2D eigenvalue weighted by atomic mass is 10.3. The van der Waals surface area contributed by atoms with Gasteiger partial charge in [0.2, 0.25) is 10.0 Å². The highest BCUT2D eigenvalue weighted by Gasteiger charge is 2.19. The number of esters is 1. The molecular formula is C13H18N2O5S. The molecule has 1 aromatic carbocycles. The summed E-state index contributed by atoms with van der Waals surface area (Å²) in [6, 6.07) is 5.84. The fourth-order valence-corrected chi connectivity index (χ4v) is 2.44. The summed E-state index contributed by atoms with van der Waals surface area (Å²) in [5.74, 6) is -1.11. The van der Waals surface area contributed by atoms with Gasteiger partial charge in [-0.25, -0.2) is 12.7 Å². The lowest BCUT2D eigenvalue weighted by Crippen LogP contribution is -2.29. The Labute approximate surface area is 123 Å². The topological polar surface area (TPSA) is 92.8 Å². The van der Waals surface area contributed by atoms with Gasteiger partial charge < -0.3 is 10.1 Å². The minimum Gasteiger partial charge on any atom is -0.453 e. The number of carbonyl (C=O) groups excluding carboxylic acids is 2. The standard InChI is InChI=1S/C13H18N2O5S/c1-9(20-10(2)16)13(17)14-11-6-5-7-12(8-11)21(18,19)15(3)4/h5-9H,1-4H3,(H,14,17)/t9-/m1/s1. The van der Waals surface area contributed by atoms with Crippen molar-refractivity contribution in [3.8, 4) is 0 Å². The summed E-state index contributed by atoms with van der Waals surface area (Å²) in [7, 11) is -0.738. The summed E-state index contributed by atoms with van der Waals surface area (Å²) in [4.78, 5) is 22.6. The summed E-state index contributed by atoms with van der Waals surface area (Å²) in [5.41, 5.74) is 0.307. The van der Waals surface area contributed by atoms with Gasteiger partial charge in [-0.05, 0) is 25.1 Å². The molecule has 1 rings (SSSR count). The molecule has 0 unspecified atom stereocenters. The van der Waals surface area contributed by atoms with Crippen LogP contribution >= 0.6 is 0 Å². The van der Waals surface area contributed by atoms with Crippen LogP contribution < -0.4 is 5.32 Å². The Balaban J connectivity index is 2.92. The molecule has 0 spiro atoms. The molecule has 1 N–H and O–H groups in total. The smallest absolute Gasteiger partial charge is 0.303 e. The molecule has 116 valence electrons. The van der Waals surface area contributed by atoms with Crippen molar-refractivity contribution in [3.05, 3.63) is 24.3 Å². The first-order valence-corrected chi connectivity index (χ1v) is 7.59. The number of nitrogens with zero attached hydrogens (tertiary/aromatic N) is 1. The normalized spacial score (nSPS) is 12.8. The summed E-state index contributed by atoms with van der Waals surface area (Å²) < 4.78 is 29.8. The van der Waals surface area contributed by atoms with E-state index in [9.17, 15) is 18.0 Å². The number of anilines is 1. The van der Waals surface area contributed by atoms with E-state index in [-0.39, 0.29) is 4.90 Å². The lowest BCUT2D eigenvalue weighted by molar-refractivity contribution is -0.150. The molecule has 0 saturated heterocycles. The zero-order chi connectivity index (χ0) is 16.2. The first kappa shape index (κ1) is 17.1. The molecular weight excluding hydrogens is 296 g/mol. The van der Waals surface area contributed by atoms with Gasteiger partial charge in [0.15, 0.2) is 6.10 Å². The maximum Gasteiger partial charge on any atom is 0.303 e. The highest BCUT2D eigenvalue weighted by atomic mass is 32.2. The number of amides is 1. The largest absolute Gasteiger partial charge is 0.453 e. The van der Waals surface area contributed by atoms with Crippen molar-refractivity contribution in [2.24, 2.45) is 0 Å². The fraction of sp³-hybridized carbons (Fsp3) is 0.385. The predicted octanol–water partition coefficient (Wildman–Crippen LogP) is 0.827. The third-order valence-electron chi connectivity index (χ3n) is 2.59. The minimum atomic E-state index is -3.58. The molecule has 1 atom stereocenters. The van der Waals surface area contributed by atoms with Crippen LogP contribution in [-0.2, 0) is 24.3 Å². The van der Waals surface area contributed by atoms with Crippen molar-refractivity contribution >= 4 is 27.6 Å². The molecule has 0 aromatic heterocycles. The van der Waals surface area contributed by atoms with Gasteiger partial charge in [0.1, 0.15) is 0 Å². The number of hydrogen-bond donors (Lipinski definition) is 1. The summed E-state index contributed by atoms with van der Waals surface area (Å²) >= 11 is 0. The lowest BCUT2D eigenvalue weighted by Gasteiger charge is -2.14. The molecule has 0 aliphatic heterocycles. The van der Waals surface area contributed by atoms with Gasteiger partial charge in [-0.15, -0.1) is 0 Å². The van der Waals surface area contributed by atoms with Gasteiger partial charge >= 0.3 is 5.97 Å². The van der Waals surface area contributed by atoms with Crippen LogP contribution in [0.4, 0.5) is 5.69 Å². The van der Waals surface area contributed by atoms with E-state index in [2.05, 4.69) is 5.32 Å². The zero-order valence-corrected chi connectivity index (χ0v) is 13.1. The summed E-state index contributed by atoms with van der Waals surface area (Å²) in [5, 5.41) is 2.50. The highest BCUT2D eigenvalue weighted by molar-refractivity contribution is 7.89. The molecule has 0 radical (unpaired) electrons. The van der Waals surface area contributed by atoms with E-state index >= 15 is 0 Å². The van der Waals surface area contributed by atoms with E-state index in [0.29, 0.717) is 5.69 Å². The molecule has 0 saturated carbocycles. The van der Waals surface area contributed by atoms with Gasteiger partial charge in [0.05, 0.1) is 4.90 Å². The van der Waals surface area contributed by atoms with Crippen molar-refractivity contribution in [2.45, 2.75) is 24.8 Å². The Bertz CT molecular complexity index is 640. The van der Waals surface area contributed by atoms with Crippen LogP contribution in [0.15, 0.2) is 29.2 Å². The van der Waals surface area contributed by atoms with Crippen molar-refractivity contribution in [2.75, 3.05) is 19.4 Å². The number of rotatable bonds is 5. The number of sulfonamides is 1. The van der Waals surface area contributed by atoms with Crippen LogP contribution in [0.1, 0.15) is 13.8 Å². The number of ether oxygens (including phenoxy) is 1. The summed E-state index contributed by atoms with van der Waals surface area (Å²) in [6.07, 6.45) is -0.961. The molecule has 8 heteroatoms. The molecule has 1 aromatic rings. The molecule has 0 aliphatic carbocycles. The van der Waals surface area contributed by atoms with E-state index in [0.717, 1.165) is 4.31 Å². The van der Waals surface area contributed by atoms with Crippen molar-refractivity contribution < 1.29 is 22.7 Å². The van der Waals surface area contributed by atoms with Crippen molar-refractivity contribution in [1.29, 1.82) is 0 Å². The average molecular weight is 314 g/mol. The molecule has 0 heterocycles. The SMILES string of the molecule is CC(=O)O[C@H](C)C(=O)Nc1cccc(S(=O)(=O)N(C)C)c1. The van der Waals surface area contributed by atoms with Gasteiger partial charge in [-0.2, -0.15) is 0 Å². The number of nitrogens with one attached hydrogen (secondary N) is 1. The van der Waals surface area contributed by atoms with Crippen molar-refractivity contribution in [1.82, 2.24) is 4.31 Å². The van der Waals surface area contributed by atoms with E-state index in [1.54, 1.807) is 6.07 Å². The first-order chi connectivity index (χ1) is 9.64. The molecule has 0 aliphatic rings. The monoisotopic (exact) mass is 314 g/mol. The molecule has 21 heavy (non-hydrogen) atoms. The summed E-state index contributed by atoms with van der Waals surface area (Å²) in [6.45, 7) is 2.63. The van der Waals surface area contributed by atoms with Gasteiger partial charge in [0, 0.05) is 26.7 Å². The fourth-order valence-electron chi connectivity index (χ4n) is 1.49. The molecule has 0 fully saturated rings.